The van der Waals surface area contributed by atoms with Gasteiger partial charge in [-0.1, -0.05) is 6.07 Å². The molecule has 1 aromatic rings. The first-order valence-electron chi connectivity index (χ1n) is 2.37. The van der Waals surface area contributed by atoms with Crippen molar-refractivity contribution in [2.45, 2.75) is 0 Å². The Hall–Kier alpha value is -1.12. The molecule has 0 fully saturated rings. The van der Waals surface area contributed by atoms with Crippen molar-refractivity contribution in [3.8, 4) is 0 Å². The van der Waals surface area contributed by atoms with Gasteiger partial charge in [0.1, 0.15) is 0 Å². The number of halogens is 2. The Balaban J connectivity index is 3.25. The summed E-state index contributed by atoms with van der Waals surface area (Å²) in [6, 6.07) is 3.46. The van der Waals surface area contributed by atoms with Gasteiger partial charge in [0.05, 0.1) is 5.69 Å². The van der Waals surface area contributed by atoms with Gasteiger partial charge in [-0.25, -0.2) is 8.78 Å². The van der Waals surface area contributed by atoms with Gasteiger partial charge >= 0.3 is 0 Å². The monoisotopic (exact) mass is 128 g/mol. The maximum atomic E-state index is 12.2. The molecule has 0 aliphatic rings. The molecular formula is C6H4F2N. The summed E-state index contributed by atoms with van der Waals surface area (Å²) in [5.74, 6) is -2.06. The van der Waals surface area contributed by atoms with Crippen molar-refractivity contribution in [1.29, 1.82) is 0 Å². The number of hydrogen-bond donors (Lipinski definition) is 0. The molecule has 1 aromatic carbocycles. The zero-order valence-electron chi connectivity index (χ0n) is 4.49. The van der Waals surface area contributed by atoms with Crippen molar-refractivity contribution < 1.29 is 8.78 Å². The molecule has 9 heavy (non-hydrogen) atoms. The predicted molar refractivity (Wildman–Crippen MR) is 29.1 cm³/mol. The first kappa shape index (κ1) is 6.01. The third-order valence-corrected chi connectivity index (χ3v) is 0.952. The minimum absolute atomic E-state index is 0.407. The average Bonchev–Trinajstić information content (AvgIpc) is 1.83. The second-order valence-electron chi connectivity index (χ2n) is 1.60. The van der Waals surface area contributed by atoms with Crippen molar-refractivity contribution in [3.05, 3.63) is 29.8 Å². The molecule has 0 aliphatic carbocycles. The van der Waals surface area contributed by atoms with Gasteiger partial charge in [-0.15, -0.1) is 0 Å². The van der Waals surface area contributed by atoms with E-state index in [-0.39, 0.29) is 0 Å². The fourth-order valence-electron chi connectivity index (χ4n) is 0.504. The molecule has 0 aromatic heterocycles. The molecule has 0 saturated heterocycles. The molecular weight excluding hydrogens is 124 g/mol. The molecule has 0 spiro atoms. The van der Waals surface area contributed by atoms with Crippen LogP contribution in [0.25, 0.3) is 0 Å². The van der Waals surface area contributed by atoms with Crippen LogP contribution in [-0.2, 0) is 0 Å². The molecule has 0 aliphatic heterocycles. The van der Waals surface area contributed by atoms with Gasteiger partial charge in [0, 0.05) is 0 Å². The Morgan fingerprint density at radius 1 is 1.22 bits per heavy atom. The van der Waals surface area contributed by atoms with Crippen LogP contribution >= 0.6 is 0 Å². The number of benzene rings is 1. The number of hydrogen-bond acceptors (Lipinski definition) is 0. The van der Waals surface area contributed by atoms with E-state index in [1.807, 2.05) is 0 Å². The smallest absolute Gasteiger partial charge is 0.183 e. The van der Waals surface area contributed by atoms with Gasteiger partial charge in [0.15, 0.2) is 11.6 Å². The van der Waals surface area contributed by atoms with E-state index in [2.05, 4.69) is 0 Å². The zero-order chi connectivity index (χ0) is 6.85. The molecule has 0 amide bonds. The van der Waals surface area contributed by atoms with Crippen LogP contribution in [0, 0.1) is 11.6 Å². The van der Waals surface area contributed by atoms with Gasteiger partial charge in [0.25, 0.3) is 0 Å². The van der Waals surface area contributed by atoms with Crippen LogP contribution in [0.3, 0.4) is 0 Å². The molecule has 1 N–H and O–H groups in total. The van der Waals surface area contributed by atoms with E-state index < -0.39 is 17.3 Å². The second-order valence-corrected chi connectivity index (χ2v) is 1.60. The lowest BCUT2D eigenvalue weighted by atomic mass is 10.3. The van der Waals surface area contributed by atoms with Crippen LogP contribution in [-0.4, -0.2) is 0 Å². The SMILES string of the molecule is [NH]c1cccc(F)c1F. The summed E-state index contributed by atoms with van der Waals surface area (Å²) in [4.78, 5) is 0. The van der Waals surface area contributed by atoms with Crippen molar-refractivity contribution >= 4 is 5.69 Å². The van der Waals surface area contributed by atoms with Crippen molar-refractivity contribution in [3.63, 3.8) is 0 Å². The van der Waals surface area contributed by atoms with Crippen LogP contribution in [0.15, 0.2) is 18.2 Å². The topological polar surface area (TPSA) is 23.8 Å². The maximum Gasteiger partial charge on any atom is 0.183 e. The van der Waals surface area contributed by atoms with Crippen LogP contribution in [0.4, 0.5) is 14.5 Å². The molecule has 47 valence electrons. The fraction of sp³-hybridized carbons (Fsp3) is 0. The average molecular weight is 128 g/mol. The van der Waals surface area contributed by atoms with Gasteiger partial charge in [-0.05, 0) is 12.1 Å². The first-order valence-corrected chi connectivity index (χ1v) is 2.37. The highest BCUT2D eigenvalue weighted by Crippen LogP contribution is 2.13. The summed E-state index contributed by atoms with van der Waals surface area (Å²) in [6.45, 7) is 0. The van der Waals surface area contributed by atoms with E-state index in [4.69, 9.17) is 5.73 Å². The van der Waals surface area contributed by atoms with Gasteiger partial charge in [0.2, 0.25) is 0 Å². The summed E-state index contributed by atoms with van der Waals surface area (Å²) in [6.07, 6.45) is 0. The molecule has 0 saturated carbocycles. The highest BCUT2D eigenvalue weighted by molar-refractivity contribution is 5.35. The maximum absolute atomic E-state index is 12.2. The number of nitrogens with one attached hydrogen (secondary N) is 1. The predicted octanol–water partition coefficient (Wildman–Crippen LogP) is 1.88. The molecule has 0 bridgehead atoms. The minimum atomic E-state index is -1.09. The van der Waals surface area contributed by atoms with Crippen LogP contribution in [0.2, 0.25) is 0 Å². The third kappa shape index (κ3) is 0.988. The van der Waals surface area contributed by atoms with E-state index in [1.54, 1.807) is 0 Å². The van der Waals surface area contributed by atoms with Crippen molar-refractivity contribution in [1.82, 2.24) is 5.73 Å². The Kier molecular flexibility index (Phi) is 1.34. The highest BCUT2D eigenvalue weighted by Gasteiger charge is 2.02. The van der Waals surface area contributed by atoms with E-state index in [0.29, 0.717) is 0 Å². The van der Waals surface area contributed by atoms with Crippen LogP contribution in [0.1, 0.15) is 0 Å². The Bertz CT molecular complexity index is 202. The molecule has 0 atom stereocenters. The van der Waals surface area contributed by atoms with E-state index in [9.17, 15) is 8.78 Å². The van der Waals surface area contributed by atoms with E-state index in [0.717, 1.165) is 6.07 Å². The van der Waals surface area contributed by atoms with Gasteiger partial charge in [-0.3, -0.25) is 5.73 Å². The lowest BCUT2D eigenvalue weighted by Crippen LogP contribution is -1.83. The Labute approximate surface area is 51.1 Å². The molecule has 1 nitrogen and oxygen atoms in total. The normalized spacial score (nSPS) is 9.56. The molecule has 0 heterocycles. The molecule has 0 unspecified atom stereocenters. The quantitative estimate of drug-likeness (QED) is 0.509. The van der Waals surface area contributed by atoms with Gasteiger partial charge < -0.3 is 0 Å². The van der Waals surface area contributed by atoms with Gasteiger partial charge in [-0.2, -0.15) is 0 Å². The van der Waals surface area contributed by atoms with E-state index >= 15 is 0 Å². The summed E-state index contributed by atoms with van der Waals surface area (Å²) in [5.41, 5.74) is 6.34. The fourth-order valence-corrected chi connectivity index (χ4v) is 0.504. The highest BCUT2D eigenvalue weighted by atomic mass is 19.2. The number of rotatable bonds is 0. The standard InChI is InChI=1S/C6H4F2N/c7-4-2-1-3-5(9)6(4)8/h1-3,9H. The summed E-state index contributed by atoms with van der Waals surface area (Å²) >= 11 is 0. The third-order valence-electron chi connectivity index (χ3n) is 0.952. The lowest BCUT2D eigenvalue weighted by molar-refractivity contribution is 0.510. The first-order chi connectivity index (χ1) is 4.22. The van der Waals surface area contributed by atoms with Crippen molar-refractivity contribution in [2.75, 3.05) is 0 Å². The summed E-state index contributed by atoms with van der Waals surface area (Å²) in [5, 5.41) is 0. The zero-order valence-corrected chi connectivity index (χ0v) is 4.49. The molecule has 1 rings (SSSR count). The molecule has 1 radical (unpaired) electrons. The lowest BCUT2D eigenvalue weighted by Gasteiger charge is -1.92. The van der Waals surface area contributed by atoms with Crippen LogP contribution in [0.5, 0.6) is 0 Å². The van der Waals surface area contributed by atoms with Crippen LogP contribution < -0.4 is 5.73 Å². The Morgan fingerprint density at radius 2 is 1.89 bits per heavy atom. The summed E-state index contributed by atoms with van der Waals surface area (Å²) in [7, 11) is 0. The largest absolute Gasteiger partial charge is 0.298 e. The minimum Gasteiger partial charge on any atom is -0.298 e. The van der Waals surface area contributed by atoms with Crippen molar-refractivity contribution in [2.24, 2.45) is 0 Å². The second kappa shape index (κ2) is 2.01. The van der Waals surface area contributed by atoms with E-state index in [1.165, 1.54) is 12.1 Å². The molecule has 3 heteroatoms. The summed E-state index contributed by atoms with van der Waals surface area (Å²) < 4.78 is 24.3. The Morgan fingerprint density at radius 3 is 2.33 bits per heavy atom.